The maximum atomic E-state index is 12.2. The fourth-order valence-electron chi connectivity index (χ4n) is 2.15. The molecule has 0 fully saturated rings. The molecule has 1 aromatic heterocycles. The van der Waals surface area contributed by atoms with Crippen molar-refractivity contribution in [2.75, 3.05) is 14.2 Å². The number of hydrogen-bond acceptors (Lipinski definition) is 4. The van der Waals surface area contributed by atoms with Gasteiger partial charge in [-0.05, 0) is 38.1 Å². The van der Waals surface area contributed by atoms with E-state index in [1.807, 2.05) is 25.1 Å². The number of furan rings is 1. The van der Waals surface area contributed by atoms with Crippen LogP contribution in [0, 0.1) is 6.92 Å². The van der Waals surface area contributed by atoms with Crippen molar-refractivity contribution >= 4 is 5.91 Å². The Labute approximate surface area is 123 Å². The number of hydrogen-bond donors (Lipinski definition) is 1. The zero-order chi connectivity index (χ0) is 15.4. The van der Waals surface area contributed by atoms with E-state index < -0.39 is 0 Å². The van der Waals surface area contributed by atoms with Gasteiger partial charge in [0.2, 0.25) is 0 Å². The Bertz CT molecular complexity index is 633. The number of methoxy groups -OCH3 is 2. The van der Waals surface area contributed by atoms with Gasteiger partial charge in [-0.3, -0.25) is 4.79 Å². The first-order valence-corrected chi connectivity index (χ1v) is 6.63. The molecule has 0 aliphatic carbocycles. The number of carbonyl (C=O) groups is 1. The quantitative estimate of drug-likeness (QED) is 0.918. The molecule has 0 aliphatic rings. The number of nitrogens with one attached hydrogen (secondary N) is 1. The minimum absolute atomic E-state index is 0.182. The molecule has 0 aliphatic heterocycles. The van der Waals surface area contributed by atoms with E-state index in [2.05, 4.69) is 5.32 Å². The summed E-state index contributed by atoms with van der Waals surface area (Å²) >= 11 is 0. The van der Waals surface area contributed by atoms with Crippen molar-refractivity contribution < 1.29 is 18.7 Å². The van der Waals surface area contributed by atoms with Crippen LogP contribution < -0.4 is 14.8 Å². The number of ether oxygens (including phenoxy) is 2. The van der Waals surface area contributed by atoms with Crippen LogP contribution in [0.3, 0.4) is 0 Å². The molecule has 21 heavy (non-hydrogen) atoms. The molecular weight excluding hydrogens is 270 g/mol. The Balaban J connectivity index is 2.22. The highest BCUT2D eigenvalue weighted by atomic mass is 16.5. The van der Waals surface area contributed by atoms with Crippen LogP contribution in [0.2, 0.25) is 0 Å². The molecule has 5 nitrogen and oxygen atoms in total. The second-order valence-corrected chi connectivity index (χ2v) is 4.69. The Kier molecular flexibility index (Phi) is 4.52. The highest BCUT2D eigenvalue weighted by Gasteiger charge is 2.18. The molecule has 0 bridgehead atoms. The minimum atomic E-state index is -0.225. The highest BCUT2D eigenvalue weighted by Crippen LogP contribution is 2.29. The van der Waals surface area contributed by atoms with Crippen LogP contribution in [0.1, 0.15) is 34.6 Å². The average molecular weight is 289 g/mol. The maximum absolute atomic E-state index is 12.2. The first-order valence-electron chi connectivity index (χ1n) is 6.63. The number of amides is 1. The molecular formula is C16H19NO4. The van der Waals surface area contributed by atoms with E-state index in [9.17, 15) is 4.79 Å². The van der Waals surface area contributed by atoms with Crippen molar-refractivity contribution in [3.63, 3.8) is 0 Å². The third-order valence-corrected chi connectivity index (χ3v) is 3.35. The summed E-state index contributed by atoms with van der Waals surface area (Å²) in [6, 6.07) is 6.92. The predicted octanol–water partition coefficient (Wildman–Crippen LogP) is 3.10. The topological polar surface area (TPSA) is 60.7 Å². The molecule has 2 rings (SSSR count). The summed E-state index contributed by atoms with van der Waals surface area (Å²) in [6.45, 7) is 3.65. The van der Waals surface area contributed by atoms with E-state index in [0.717, 1.165) is 5.56 Å². The first kappa shape index (κ1) is 15.0. The molecule has 0 saturated carbocycles. The van der Waals surface area contributed by atoms with Crippen LogP contribution >= 0.6 is 0 Å². The average Bonchev–Trinajstić information content (AvgIpc) is 2.92. The molecule has 1 atom stereocenters. The van der Waals surface area contributed by atoms with Crippen LogP contribution in [0.5, 0.6) is 11.5 Å². The Morgan fingerprint density at radius 2 is 2.00 bits per heavy atom. The monoisotopic (exact) mass is 289 g/mol. The Morgan fingerprint density at radius 3 is 2.57 bits per heavy atom. The summed E-state index contributed by atoms with van der Waals surface area (Å²) in [5, 5.41) is 2.93. The van der Waals surface area contributed by atoms with E-state index in [1.54, 1.807) is 27.2 Å². The minimum Gasteiger partial charge on any atom is -0.497 e. The standard InChI is InChI=1S/C16H19NO4/c1-10(17-16(18)13-7-8-21-11(13)2)14-9-12(19-3)5-6-15(14)20-4/h5-10H,1-4H3,(H,17,18)/t10-/m1/s1. The van der Waals surface area contributed by atoms with Gasteiger partial charge < -0.3 is 19.2 Å². The van der Waals surface area contributed by atoms with Crippen LogP contribution in [0.4, 0.5) is 0 Å². The van der Waals surface area contributed by atoms with E-state index in [4.69, 9.17) is 13.9 Å². The summed E-state index contributed by atoms with van der Waals surface area (Å²) in [5.41, 5.74) is 1.38. The molecule has 0 spiro atoms. The second kappa shape index (κ2) is 6.35. The highest BCUT2D eigenvalue weighted by molar-refractivity contribution is 5.95. The van der Waals surface area contributed by atoms with Gasteiger partial charge in [-0.2, -0.15) is 0 Å². The van der Waals surface area contributed by atoms with Crippen LogP contribution in [0.25, 0.3) is 0 Å². The SMILES string of the molecule is COc1ccc(OC)c([C@@H](C)NC(=O)c2ccoc2C)c1. The van der Waals surface area contributed by atoms with E-state index >= 15 is 0 Å². The molecule has 0 unspecified atom stereocenters. The van der Waals surface area contributed by atoms with E-state index in [1.165, 1.54) is 6.26 Å². The van der Waals surface area contributed by atoms with Crippen molar-refractivity contribution in [1.82, 2.24) is 5.32 Å². The molecule has 2 aromatic rings. The summed E-state index contributed by atoms with van der Waals surface area (Å²) in [6.07, 6.45) is 1.50. The number of carbonyl (C=O) groups excluding carboxylic acids is 1. The lowest BCUT2D eigenvalue weighted by Gasteiger charge is -2.18. The summed E-state index contributed by atoms with van der Waals surface area (Å²) in [4.78, 5) is 12.2. The van der Waals surface area contributed by atoms with Crippen LogP contribution in [-0.4, -0.2) is 20.1 Å². The fraction of sp³-hybridized carbons (Fsp3) is 0.312. The van der Waals surface area contributed by atoms with Gasteiger partial charge in [-0.1, -0.05) is 0 Å². The lowest BCUT2D eigenvalue weighted by molar-refractivity contribution is 0.0938. The maximum Gasteiger partial charge on any atom is 0.255 e. The summed E-state index contributed by atoms with van der Waals surface area (Å²) < 4.78 is 15.7. The third-order valence-electron chi connectivity index (χ3n) is 3.35. The fourth-order valence-corrected chi connectivity index (χ4v) is 2.15. The molecule has 0 saturated heterocycles. The summed E-state index contributed by atoms with van der Waals surface area (Å²) in [5.74, 6) is 1.83. The normalized spacial score (nSPS) is 11.8. The van der Waals surface area contributed by atoms with Crippen molar-refractivity contribution in [3.8, 4) is 11.5 Å². The zero-order valence-corrected chi connectivity index (χ0v) is 12.6. The third kappa shape index (κ3) is 3.18. The van der Waals surface area contributed by atoms with Crippen LogP contribution in [-0.2, 0) is 0 Å². The van der Waals surface area contributed by atoms with Gasteiger partial charge in [0.05, 0.1) is 32.1 Å². The van der Waals surface area contributed by atoms with Crippen molar-refractivity contribution in [3.05, 3.63) is 47.4 Å². The van der Waals surface area contributed by atoms with E-state index in [-0.39, 0.29) is 11.9 Å². The van der Waals surface area contributed by atoms with Gasteiger partial charge in [0, 0.05) is 5.56 Å². The molecule has 112 valence electrons. The zero-order valence-electron chi connectivity index (χ0n) is 12.6. The van der Waals surface area contributed by atoms with Gasteiger partial charge in [0.25, 0.3) is 5.91 Å². The van der Waals surface area contributed by atoms with Gasteiger partial charge in [0.15, 0.2) is 0 Å². The molecule has 1 aromatic carbocycles. The summed E-state index contributed by atoms with van der Waals surface area (Å²) in [7, 11) is 3.20. The Hall–Kier alpha value is -2.43. The smallest absolute Gasteiger partial charge is 0.255 e. The Morgan fingerprint density at radius 1 is 1.24 bits per heavy atom. The lowest BCUT2D eigenvalue weighted by Crippen LogP contribution is -2.27. The van der Waals surface area contributed by atoms with Gasteiger partial charge >= 0.3 is 0 Å². The number of rotatable bonds is 5. The van der Waals surface area contributed by atoms with E-state index in [0.29, 0.717) is 22.8 Å². The first-order chi connectivity index (χ1) is 10.1. The second-order valence-electron chi connectivity index (χ2n) is 4.69. The molecule has 1 amide bonds. The van der Waals surface area contributed by atoms with Crippen molar-refractivity contribution in [2.24, 2.45) is 0 Å². The van der Waals surface area contributed by atoms with Crippen molar-refractivity contribution in [2.45, 2.75) is 19.9 Å². The number of benzene rings is 1. The van der Waals surface area contributed by atoms with Crippen LogP contribution in [0.15, 0.2) is 34.9 Å². The van der Waals surface area contributed by atoms with Gasteiger partial charge in [-0.15, -0.1) is 0 Å². The molecule has 1 heterocycles. The van der Waals surface area contributed by atoms with Crippen molar-refractivity contribution in [1.29, 1.82) is 0 Å². The molecule has 1 N–H and O–H groups in total. The molecule has 0 radical (unpaired) electrons. The lowest BCUT2D eigenvalue weighted by atomic mass is 10.1. The van der Waals surface area contributed by atoms with Gasteiger partial charge in [0.1, 0.15) is 17.3 Å². The molecule has 5 heteroatoms. The number of aryl methyl sites for hydroxylation is 1. The predicted molar refractivity (Wildman–Crippen MR) is 78.9 cm³/mol. The van der Waals surface area contributed by atoms with Gasteiger partial charge in [-0.25, -0.2) is 0 Å². The largest absolute Gasteiger partial charge is 0.497 e.